The van der Waals surface area contributed by atoms with Gasteiger partial charge in [0.2, 0.25) is 5.91 Å². The van der Waals surface area contributed by atoms with Crippen molar-refractivity contribution >= 4 is 11.9 Å². The summed E-state index contributed by atoms with van der Waals surface area (Å²) in [7, 11) is 1.95. The van der Waals surface area contributed by atoms with E-state index in [4.69, 9.17) is 0 Å². The Bertz CT molecular complexity index is 563. The Labute approximate surface area is 137 Å². The molecule has 1 saturated heterocycles. The molecule has 2 heterocycles. The van der Waals surface area contributed by atoms with E-state index in [1.54, 1.807) is 4.90 Å². The van der Waals surface area contributed by atoms with Crippen molar-refractivity contribution in [1.29, 1.82) is 0 Å². The first-order chi connectivity index (χ1) is 11.1. The number of carbonyl (C=O) groups excluding carboxylic acids is 2. The van der Waals surface area contributed by atoms with Gasteiger partial charge in [-0.15, -0.1) is 0 Å². The molecular weight excluding hydrogens is 292 g/mol. The van der Waals surface area contributed by atoms with Gasteiger partial charge in [-0.2, -0.15) is 0 Å². The number of nitrogens with one attached hydrogen (secondary N) is 1. The van der Waals surface area contributed by atoms with Gasteiger partial charge in [-0.25, -0.2) is 4.79 Å². The summed E-state index contributed by atoms with van der Waals surface area (Å²) in [6.07, 6.45) is 9.00. The molecule has 3 amide bonds. The van der Waals surface area contributed by atoms with Crippen molar-refractivity contribution in [1.82, 2.24) is 19.7 Å². The van der Waals surface area contributed by atoms with Gasteiger partial charge in [-0.3, -0.25) is 4.79 Å². The maximum atomic E-state index is 12.3. The fourth-order valence-corrected chi connectivity index (χ4v) is 3.53. The average molecular weight is 318 g/mol. The first-order valence-electron chi connectivity index (χ1n) is 8.53. The van der Waals surface area contributed by atoms with Crippen LogP contribution in [0, 0.1) is 5.92 Å². The molecular formula is C17H26N4O2. The minimum absolute atomic E-state index is 0.0815. The molecule has 6 nitrogen and oxygen atoms in total. The van der Waals surface area contributed by atoms with Gasteiger partial charge in [-0.05, 0) is 30.4 Å². The predicted octanol–water partition coefficient (Wildman–Crippen LogP) is 1.57. The second-order valence-electron chi connectivity index (χ2n) is 6.76. The van der Waals surface area contributed by atoms with Crippen LogP contribution in [0.4, 0.5) is 4.79 Å². The first-order valence-corrected chi connectivity index (χ1v) is 8.53. The van der Waals surface area contributed by atoms with Crippen LogP contribution in [0.1, 0.15) is 31.2 Å². The van der Waals surface area contributed by atoms with E-state index in [2.05, 4.69) is 5.32 Å². The quantitative estimate of drug-likeness (QED) is 0.916. The summed E-state index contributed by atoms with van der Waals surface area (Å²) in [5.74, 6) is 0.746. The Hall–Kier alpha value is -1.98. The summed E-state index contributed by atoms with van der Waals surface area (Å²) in [6, 6.07) is 1.83. The largest absolute Gasteiger partial charge is 0.357 e. The average Bonchev–Trinajstić information content (AvgIpc) is 3.18. The second kappa shape index (κ2) is 7.06. The fourth-order valence-electron chi connectivity index (χ4n) is 3.53. The van der Waals surface area contributed by atoms with Gasteiger partial charge < -0.3 is 19.7 Å². The molecule has 1 aliphatic heterocycles. The number of amides is 3. The molecule has 0 spiro atoms. The summed E-state index contributed by atoms with van der Waals surface area (Å²) in [6.45, 7) is 2.86. The highest BCUT2D eigenvalue weighted by molar-refractivity contribution is 5.85. The Morgan fingerprint density at radius 2 is 2.09 bits per heavy atom. The van der Waals surface area contributed by atoms with Gasteiger partial charge in [0.1, 0.15) is 6.54 Å². The molecule has 23 heavy (non-hydrogen) atoms. The monoisotopic (exact) mass is 318 g/mol. The zero-order chi connectivity index (χ0) is 16.2. The van der Waals surface area contributed by atoms with Gasteiger partial charge in [0.25, 0.3) is 0 Å². The molecule has 0 atom stereocenters. The normalized spacial score (nSPS) is 19.4. The Balaban J connectivity index is 1.44. The van der Waals surface area contributed by atoms with Crippen molar-refractivity contribution in [2.24, 2.45) is 13.0 Å². The first kappa shape index (κ1) is 15.9. The molecule has 126 valence electrons. The third kappa shape index (κ3) is 4.06. The standard InChI is InChI=1S/C17H26N4O2/c1-19-7-6-15(11-19)10-18-17(23)21-9-8-20(16(22)13-21)12-14-4-2-3-5-14/h6-7,11,14H,2-5,8-10,12-13H2,1H3,(H,18,23). The number of rotatable bonds is 4. The molecule has 1 aromatic heterocycles. The number of aryl methyl sites for hydroxylation is 1. The Kier molecular flexibility index (Phi) is 4.88. The summed E-state index contributed by atoms with van der Waals surface area (Å²) >= 11 is 0. The van der Waals surface area contributed by atoms with Gasteiger partial charge in [0, 0.05) is 45.6 Å². The molecule has 1 saturated carbocycles. The SMILES string of the molecule is Cn1ccc(CNC(=O)N2CCN(CC3CCCC3)C(=O)C2)c1. The van der Waals surface area contributed by atoms with Gasteiger partial charge >= 0.3 is 6.03 Å². The maximum absolute atomic E-state index is 12.3. The van der Waals surface area contributed by atoms with E-state index >= 15 is 0 Å². The maximum Gasteiger partial charge on any atom is 0.318 e. The van der Waals surface area contributed by atoms with Crippen molar-refractivity contribution in [2.75, 3.05) is 26.2 Å². The number of carbonyl (C=O) groups is 2. The highest BCUT2D eigenvalue weighted by Crippen LogP contribution is 2.25. The number of urea groups is 1. The number of nitrogens with zero attached hydrogens (tertiary/aromatic N) is 3. The van der Waals surface area contributed by atoms with E-state index in [1.165, 1.54) is 25.7 Å². The van der Waals surface area contributed by atoms with E-state index in [9.17, 15) is 9.59 Å². The van der Waals surface area contributed by atoms with E-state index < -0.39 is 0 Å². The smallest absolute Gasteiger partial charge is 0.318 e. The van der Waals surface area contributed by atoms with Crippen molar-refractivity contribution < 1.29 is 9.59 Å². The zero-order valence-corrected chi connectivity index (χ0v) is 13.8. The van der Waals surface area contributed by atoms with Crippen LogP contribution in [0.15, 0.2) is 18.5 Å². The van der Waals surface area contributed by atoms with Crippen LogP contribution in [-0.2, 0) is 18.4 Å². The van der Waals surface area contributed by atoms with Crippen LogP contribution in [0.2, 0.25) is 0 Å². The molecule has 2 fully saturated rings. The molecule has 1 aromatic rings. The second-order valence-corrected chi connectivity index (χ2v) is 6.76. The molecule has 2 aliphatic rings. The van der Waals surface area contributed by atoms with Crippen LogP contribution in [0.5, 0.6) is 0 Å². The van der Waals surface area contributed by atoms with Crippen LogP contribution < -0.4 is 5.32 Å². The minimum atomic E-state index is -0.150. The van der Waals surface area contributed by atoms with Gasteiger partial charge in [0.15, 0.2) is 0 Å². The van der Waals surface area contributed by atoms with Crippen molar-refractivity contribution in [3.63, 3.8) is 0 Å². The predicted molar refractivity (Wildman–Crippen MR) is 87.8 cm³/mol. The summed E-state index contributed by atoms with van der Waals surface area (Å²) in [4.78, 5) is 28.1. The lowest BCUT2D eigenvalue weighted by Gasteiger charge is -2.35. The molecule has 0 bridgehead atoms. The highest BCUT2D eigenvalue weighted by Gasteiger charge is 2.29. The summed E-state index contributed by atoms with van der Waals surface area (Å²) in [5, 5.41) is 2.89. The fraction of sp³-hybridized carbons (Fsp3) is 0.647. The third-order valence-electron chi connectivity index (χ3n) is 4.90. The lowest BCUT2D eigenvalue weighted by Crippen LogP contribution is -2.55. The number of piperazine rings is 1. The Morgan fingerprint density at radius 1 is 1.30 bits per heavy atom. The number of aromatic nitrogens is 1. The highest BCUT2D eigenvalue weighted by atomic mass is 16.2. The molecule has 1 N–H and O–H groups in total. The van der Waals surface area contributed by atoms with E-state index in [-0.39, 0.29) is 18.5 Å². The van der Waals surface area contributed by atoms with Crippen molar-refractivity contribution in [2.45, 2.75) is 32.2 Å². The van der Waals surface area contributed by atoms with Crippen LogP contribution in [-0.4, -0.2) is 52.5 Å². The summed E-state index contributed by atoms with van der Waals surface area (Å²) < 4.78 is 1.95. The van der Waals surface area contributed by atoms with Crippen molar-refractivity contribution in [3.8, 4) is 0 Å². The van der Waals surface area contributed by atoms with Crippen LogP contribution in [0.25, 0.3) is 0 Å². The van der Waals surface area contributed by atoms with Crippen LogP contribution >= 0.6 is 0 Å². The topological polar surface area (TPSA) is 57.6 Å². The molecule has 3 rings (SSSR count). The van der Waals surface area contributed by atoms with Crippen LogP contribution in [0.3, 0.4) is 0 Å². The molecule has 6 heteroatoms. The van der Waals surface area contributed by atoms with Crippen molar-refractivity contribution in [3.05, 3.63) is 24.0 Å². The lowest BCUT2D eigenvalue weighted by molar-refractivity contribution is -0.135. The van der Waals surface area contributed by atoms with Gasteiger partial charge in [-0.1, -0.05) is 12.8 Å². The van der Waals surface area contributed by atoms with E-state index in [1.807, 2.05) is 35.0 Å². The third-order valence-corrected chi connectivity index (χ3v) is 4.90. The number of hydrogen-bond donors (Lipinski definition) is 1. The zero-order valence-electron chi connectivity index (χ0n) is 13.8. The molecule has 0 unspecified atom stereocenters. The lowest BCUT2D eigenvalue weighted by atomic mass is 10.1. The van der Waals surface area contributed by atoms with E-state index in [0.717, 1.165) is 12.1 Å². The number of hydrogen-bond acceptors (Lipinski definition) is 2. The molecule has 0 radical (unpaired) electrons. The molecule has 1 aliphatic carbocycles. The van der Waals surface area contributed by atoms with E-state index in [0.29, 0.717) is 25.6 Å². The van der Waals surface area contributed by atoms with Gasteiger partial charge in [0.05, 0.1) is 0 Å². The minimum Gasteiger partial charge on any atom is -0.357 e. The molecule has 0 aromatic carbocycles. The summed E-state index contributed by atoms with van der Waals surface area (Å²) in [5.41, 5.74) is 1.06. The Morgan fingerprint density at radius 3 is 2.74 bits per heavy atom.